The summed E-state index contributed by atoms with van der Waals surface area (Å²) >= 11 is 0. The van der Waals surface area contributed by atoms with Gasteiger partial charge in [0.25, 0.3) is 11.8 Å². The van der Waals surface area contributed by atoms with Crippen LogP contribution in [0.15, 0.2) is 51.9 Å². The zero-order valence-electron chi connectivity index (χ0n) is 21.1. The van der Waals surface area contributed by atoms with Gasteiger partial charge in [-0.3, -0.25) is 14.4 Å². The highest BCUT2D eigenvalue weighted by Gasteiger charge is 2.25. The number of benzene rings is 1. The first-order valence-corrected chi connectivity index (χ1v) is 12.5. The molecule has 1 saturated carbocycles. The van der Waals surface area contributed by atoms with Gasteiger partial charge in [-0.15, -0.1) is 10.2 Å². The fourth-order valence-electron chi connectivity index (χ4n) is 4.39. The van der Waals surface area contributed by atoms with Crippen molar-refractivity contribution in [3.05, 3.63) is 70.0 Å². The Labute approximate surface area is 210 Å². The smallest absolute Gasteiger partial charge is 0.259 e. The van der Waals surface area contributed by atoms with Gasteiger partial charge in [-0.25, -0.2) is 0 Å². The van der Waals surface area contributed by atoms with Crippen LogP contribution in [0.1, 0.15) is 78.6 Å². The van der Waals surface area contributed by atoms with E-state index in [1.165, 1.54) is 11.3 Å². The number of aromatic nitrogens is 3. The molecule has 0 saturated heterocycles. The number of nitrogens with zero attached hydrogens (tertiary/aromatic N) is 4. The molecule has 2 aromatic heterocycles. The predicted octanol–water partition coefficient (Wildman–Crippen LogP) is 4.06. The Morgan fingerprint density at radius 1 is 1.08 bits per heavy atom. The van der Waals surface area contributed by atoms with Crippen LogP contribution in [0.3, 0.4) is 0 Å². The van der Waals surface area contributed by atoms with Crippen molar-refractivity contribution >= 4 is 11.8 Å². The number of hydrogen-bond acceptors (Lipinski definition) is 6. The van der Waals surface area contributed by atoms with Gasteiger partial charge in [0, 0.05) is 37.6 Å². The third-order valence-electron chi connectivity index (χ3n) is 6.39. The van der Waals surface area contributed by atoms with Crippen LogP contribution in [-0.4, -0.2) is 45.1 Å². The van der Waals surface area contributed by atoms with Gasteiger partial charge in [0.15, 0.2) is 0 Å². The minimum Gasteiger partial charge on any atom is -0.419 e. The molecule has 2 heterocycles. The SMILES string of the molecule is CC(C)CNC(=O)c1cn(C2CCCCC2)cc(C(=O)N(C)Cc2nnc(-c3ccccc3)o2)c1=O. The monoisotopic (exact) mass is 491 g/mol. The van der Waals surface area contributed by atoms with E-state index >= 15 is 0 Å². The van der Waals surface area contributed by atoms with Crippen molar-refractivity contribution in [3.8, 4) is 11.5 Å². The van der Waals surface area contributed by atoms with Crippen LogP contribution in [0, 0.1) is 5.92 Å². The van der Waals surface area contributed by atoms with Crippen molar-refractivity contribution in [2.24, 2.45) is 5.92 Å². The maximum atomic E-state index is 13.4. The quantitative estimate of drug-likeness (QED) is 0.509. The average molecular weight is 492 g/mol. The van der Waals surface area contributed by atoms with E-state index in [9.17, 15) is 14.4 Å². The molecule has 190 valence electrons. The molecule has 0 bridgehead atoms. The summed E-state index contributed by atoms with van der Waals surface area (Å²) in [5.41, 5.74) is 0.157. The zero-order chi connectivity index (χ0) is 25.7. The Morgan fingerprint density at radius 3 is 2.47 bits per heavy atom. The molecule has 1 aliphatic carbocycles. The normalized spacial score (nSPS) is 14.1. The largest absolute Gasteiger partial charge is 0.419 e. The number of amides is 2. The number of pyridine rings is 1. The molecule has 0 spiro atoms. The van der Waals surface area contributed by atoms with Crippen LogP contribution in [0.4, 0.5) is 0 Å². The highest BCUT2D eigenvalue weighted by atomic mass is 16.4. The Hall–Kier alpha value is -3.75. The van der Waals surface area contributed by atoms with Crippen molar-refractivity contribution in [1.29, 1.82) is 0 Å². The summed E-state index contributed by atoms with van der Waals surface area (Å²) in [6, 6.07) is 9.50. The van der Waals surface area contributed by atoms with E-state index in [1.807, 2.05) is 48.7 Å². The van der Waals surface area contributed by atoms with Gasteiger partial charge in [0.1, 0.15) is 11.1 Å². The highest BCUT2D eigenvalue weighted by Crippen LogP contribution is 2.28. The fraction of sp³-hybridized carbons (Fsp3) is 0.444. The molecule has 1 fully saturated rings. The van der Waals surface area contributed by atoms with E-state index in [1.54, 1.807) is 19.4 Å². The molecule has 36 heavy (non-hydrogen) atoms. The standard InChI is InChI=1S/C27H33N5O4/c1-18(2)14-28-25(34)21-15-32(20-12-8-5-9-13-20)16-22(24(21)33)27(35)31(3)17-23-29-30-26(36-23)19-10-6-4-7-11-19/h4,6-7,10-11,15-16,18,20H,5,8-9,12-14,17H2,1-3H3,(H,28,34). The molecule has 1 N–H and O–H groups in total. The molecule has 1 aliphatic rings. The minimum atomic E-state index is -0.573. The van der Waals surface area contributed by atoms with E-state index in [0.29, 0.717) is 12.4 Å². The molecular formula is C27H33N5O4. The Kier molecular flexibility index (Phi) is 7.97. The fourth-order valence-corrected chi connectivity index (χ4v) is 4.39. The van der Waals surface area contributed by atoms with E-state index < -0.39 is 17.2 Å². The van der Waals surface area contributed by atoms with Gasteiger partial charge in [0.2, 0.25) is 17.2 Å². The summed E-state index contributed by atoms with van der Waals surface area (Å²) in [7, 11) is 1.57. The van der Waals surface area contributed by atoms with Crippen molar-refractivity contribution in [2.45, 2.75) is 58.5 Å². The third-order valence-corrected chi connectivity index (χ3v) is 6.39. The molecule has 3 aromatic rings. The number of nitrogens with one attached hydrogen (secondary N) is 1. The van der Waals surface area contributed by atoms with Crippen LogP contribution < -0.4 is 10.7 Å². The average Bonchev–Trinajstić information content (AvgIpc) is 3.36. The summed E-state index contributed by atoms with van der Waals surface area (Å²) in [6.45, 7) is 4.44. The lowest BCUT2D eigenvalue weighted by atomic mass is 9.95. The van der Waals surface area contributed by atoms with Gasteiger partial charge in [-0.05, 0) is 30.9 Å². The van der Waals surface area contributed by atoms with Gasteiger partial charge in [0.05, 0.1) is 6.54 Å². The summed E-state index contributed by atoms with van der Waals surface area (Å²) in [5.74, 6) is -0.110. The molecule has 4 rings (SSSR count). The second kappa shape index (κ2) is 11.3. The maximum Gasteiger partial charge on any atom is 0.259 e. The first kappa shape index (κ1) is 25.3. The predicted molar refractivity (Wildman–Crippen MR) is 136 cm³/mol. The van der Waals surface area contributed by atoms with Crippen LogP contribution in [0.2, 0.25) is 0 Å². The molecule has 0 aliphatic heterocycles. The molecule has 9 heteroatoms. The van der Waals surface area contributed by atoms with Gasteiger partial charge in [-0.2, -0.15) is 0 Å². The van der Waals surface area contributed by atoms with Crippen LogP contribution in [0.25, 0.3) is 11.5 Å². The summed E-state index contributed by atoms with van der Waals surface area (Å²) in [6.07, 6.45) is 8.43. The molecule has 1 aromatic carbocycles. The molecule has 0 atom stereocenters. The third kappa shape index (κ3) is 5.90. The minimum absolute atomic E-state index is 0.00960. The number of carbonyl (C=O) groups excluding carboxylic acids is 2. The molecule has 0 radical (unpaired) electrons. The summed E-state index contributed by atoms with van der Waals surface area (Å²) in [4.78, 5) is 41.0. The van der Waals surface area contributed by atoms with Crippen LogP contribution >= 0.6 is 0 Å². The number of rotatable bonds is 8. The van der Waals surface area contributed by atoms with Crippen LogP contribution in [0.5, 0.6) is 0 Å². The number of hydrogen-bond donors (Lipinski definition) is 1. The van der Waals surface area contributed by atoms with E-state index in [0.717, 1.165) is 31.2 Å². The van der Waals surface area contributed by atoms with E-state index in [2.05, 4.69) is 15.5 Å². The van der Waals surface area contributed by atoms with Gasteiger partial charge < -0.3 is 19.2 Å². The van der Waals surface area contributed by atoms with E-state index in [4.69, 9.17) is 4.42 Å². The summed E-state index contributed by atoms with van der Waals surface area (Å²) in [5, 5.41) is 10.9. The van der Waals surface area contributed by atoms with Gasteiger partial charge >= 0.3 is 0 Å². The second-order valence-corrected chi connectivity index (χ2v) is 9.79. The van der Waals surface area contributed by atoms with Crippen molar-refractivity contribution in [1.82, 2.24) is 25.0 Å². The van der Waals surface area contributed by atoms with Crippen molar-refractivity contribution in [3.63, 3.8) is 0 Å². The van der Waals surface area contributed by atoms with E-state index in [-0.39, 0.29) is 35.5 Å². The first-order chi connectivity index (χ1) is 17.3. The lowest BCUT2D eigenvalue weighted by Gasteiger charge is -2.26. The zero-order valence-corrected chi connectivity index (χ0v) is 21.1. The van der Waals surface area contributed by atoms with Crippen LogP contribution in [-0.2, 0) is 6.54 Å². The van der Waals surface area contributed by atoms with Crippen molar-refractivity contribution < 1.29 is 14.0 Å². The molecular weight excluding hydrogens is 458 g/mol. The molecule has 2 amide bonds. The molecule has 0 unspecified atom stereocenters. The highest BCUT2D eigenvalue weighted by molar-refractivity contribution is 5.99. The van der Waals surface area contributed by atoms with Gasteiger partial charge in [-0.1, -0.05) is 51.3 Å². The lowest BCUT2D eigenvalue weighted by molar-refractivity contribution is 0.0770. The second-order valence-electron chi connectivity index (χ2n) is 9.79. The molecule has 9 nitrogen and oxygen atoms in total. The Bertz CT molecular complexity index is 1260. The lowest BCUT2D eigenvalue weighted by Crippen LogP contribution is -2.37. The Balaban J connectivity index is 1.60. The number of carbonyl (C=O) groups is 2. The first-order valence-electron chi connectivity index (χ1n) is 12.5. The van der Waals surface area contributed by atoms with Crippen molar-refractivity contribution in [2.75, 3.05) is 13.6 Å². The summed E-state index contributed by atoms with van der Waals surface area (Å²) < 4.78 is 7.61. The Morgan fingerprint density at radius 2 is 1.78 bits per heavy atom. The maximum absolute atomic E-state index is 13.4. The topological polar surface area (TPSA) is 110 Å².